The molecule has 0 saturated carbocycles. The zero-order valence-electron chi connectivity index (χ0n) is 12.0. The fourth-order valence-electron chi connectivity index (χ4n) is 1.77. The summed E-state index contributed by atoms with van der Waals surface area (Å²) in [5.74, 6) is -1.14. The fraction of sp³-hybridized carbons (Fsp3) is 0.417. The third-order valence-electron chi connectivity index (χ3n) is 2.97. The molecule has 10 heteroatoms. The van der Waals surface area contributed by atoms with Crippen LogP contribution >= 0.6 is 15.9 Å². The van der Waals surface area contributed by atoms with Crippen molar-refractivity contribution in [2.24, 2.45) is 5.92 Å². The summed E-state index contributed by atoms with van der Waals surface area (Å²) < 4.78 is 26.4. The number of carbonyl (C=O) groups excluding carboxylic acids is 1. The third kappa shape index (κ3) is 4.17. The Kier molecular flexibility index (Phi) is 5.89. The Hall–Kier alpha value is -1.68. The van der Waals surface area contributed by atoms with Crippen molar-refractivity contribution < 1.29 is 18.1 Å². The first-order chi connectivity index (χ1) is 10.1. The Morgan fingerprint density at radius 1 is 1.50 bits per heavy atom. The van der Waals surface area contributed by atoms with E-state index < -0.39 is 37.4 Å². The molecule has 0 heterocycles. The Morgan fingerprint density at radius 3 is 2.59 bits per heavy atom. The van der Waals surface area contributed by atoms with Gasteiger partial charge in [0, 0.05) is 16.5 Å². The van der Waals surface area contributed by atoms with Crippen molar-refractivity contribution >= 4 is 43.2 Å². The molecule has 0 fully saturated rings. The van der Waals surface area contributed by atoms with Crippen LogP contribution in [-0.4, -0.2) is 19.2 Å². The number of anilines is 1. The molecule has 0 radical (unpaired) electrons. The lowest BCUT2D eigenvalue weighted by molar-refractivity contribution is -0.384. The number of carbonyl (C=O) groups is 1. The summed E-state index contributed by atoms with van der Waals surface area (Å²) in [5, 5.41) is 10.9. The van der Waals surface area contributed by atoms with E-state index in [1.807, 2.05) is 11.6 Å². The Morgan fingerprint density at radius 2 is 2.09 bits per heavy atom. The van der Waals surface area contributed by atoms with E-state index >= 15 is 0 Å². The summed E-state index contributed by atoms with van der Waals surface area (Å²) in [7, 11) is -4.23. The van der Waals surface area contributed by atoms with Gasteiger partial charge in [-0.1, -0.05) is 20.3 Å². The SMILES string of the molecule is CCCC(C)C(=O)NS(=O)(=O)c1cc([N+](=O)[O-])c(N)cc1Br. The number of sulfonamides is 1. The van der Waals surface area contributed by atoms with Gasteiger partial charge in [0.05, 0.1) is 4.92 Å². The summed E-state index contributed by atoms with van der Waals surface area (Å²) in [6, 6.07) is 1.94. The van der Waals surface area contributed by atoms with E-state index in [-0.39, 0.29) is 10.2 Å². The van der Waals surface area contributed by atoms with Crippen molar-refractivity contribution in [1.29, 1.82) is 0 Å². The number of halogens is 1. The van der Waals surface area contributed by atoms with Gasteiger partial charge in [-0.15, -0.1) is 0 Å². The van der Waals surface area contributed by atoms with Crippen molar-refractivity contribution in [2.45, 2.75) is 31.6 Å². The zero-order chi connectivity index (χ0) is 17.1. The number of hydrogen-bond donors (Lipinski definition) is 2. The summed E-state index contributed by atoms with van der Waals surface area (Å²) in [6.07, 6.45) is 1.26. The number of nitro benzene ring substituents is 1. The lowest BCUT2D eigenvalue weighted by Crippen LogP contribution is -2.34. The first kappa shape index (κ1) is 18.4. The van der Waals surface area contributed by atoms with Gasteiger partial charge in [-0.2, -0.15) is 0 Å². The molecule has 1 aromatic carbocycles. The average Bonchev–Trinajstić information content (AvgIpc) is 2.37. The first-order valence-electron chi connectivity index (χ1n) is 6.40. The van der Waals surface area contributed by atoms with Gasteiger partial charge in [0.1, 0.15) is 10.6 Å². The lowest BCUT2D eigenvalue weighted by atomic mass is 10.1. The molecule has 22 heavy (non-hydrogen) atoms. The molecule has 1 aromatic rings. The van der Waals surface area contributed by atoms with Crippen molar-refractivity contribution in [3.05, 3.63) is 26.7 Å². The molecule has 8 nitrogen and oxygen atoms in total. The molecular weight excluding hydrogens is 378 g/mol. The van der Waals surface area contributed by atoms with E-state index in [1.165, 1.54) is 0 Å². The largest absolute Gasteiger partial charge is 0.393 e. The summed E-state index contributed by atoms with van der Waals surface area (Å²) in [5.41, 5.74) is 4.75. The molecule has 1 atom stereocenters. The Labute approximate surface area is 136 Å². The highest BCUT2D eigenvalue weighted by molar-refractivity contribution is 9.10. The highest BCUT2D eigenvalue weighted by atomic mass is 79.9. The minimum absolute atomic E-state index is 0.0408. The standard InChI is InChI=1S/C12H16BrN3O5S/c1-3-4-7(2)12(17)15-22(20,21)11-6-10(16(18)19)9(14)5-8(11)13/h5-7H,3-4,14H2,1-2H3,(H,15,17). The smallest absolute Gasteiger partial charge is 0.293 e. The number of rotatable bonds is 6. The number of nitrogens with one attached hydrogen (secondary N) is 1. The number of benzene rings is 1. The van der Waals surface area contributed by atoms with Gasteiger partial charge < -0.3 is 5.73 Å². The second kappa shape index (κ2) is 7.05. The van der Waals surface area contributed by atoms with Crippen LogP contribution in [0.4, 0.5) is 11.4 Å². The van der Waals surface area contributed by atoms with Crippen molar-refractivity contribution in [3.8, 4) is 0 Å². The minimum Gasteiger partial charge on any atom is -0.393 e. The number of nitrogens with two attached hydrogens (primary N) is 1. The molecular formula is C12H16BrN3O5S. The molecule has 3 N–H and O–H groups in total. The molecule has 0 saturated heterocycles. The first-order valence-corrected chi connectivity index (χ1v) is 8.67. The maximum atomic E-state index is 12.2. The molecule has 0 aliphatic rings. The van der Waals surface area contributed by atoms with Crippen LogP contribution in [0.5, 0.6) is 0 Å². The van der Waals surface area contributed by atoms with Crippen LogP contribution < -0.4 is 10.5 Å². The molecule has 0 aromatic heterocycles. The van der Waals surface area contributed by atoms with E-state index in [4.69, 9.17) is 5.73 Å². The van der Waals surface area contributed by atoms with E-state index in [2.05, 4.69) is 15.9 Å². The molecule has 122 valence electrons. The highest BCUT2D eigenvalue weighted by Crippen LogP contribution is 2.32. The summed E-state index contributed by atoms with van der Waals surface area (Å²) in [6.45, 7) is 3.48. The molecule has 0 spiro atoms. The minimum atomic E-state index is -4.23. The molecule has 0 aliphatic carbocycles. The van der Waals surface area contributed by atoms with Gasteiger partial charge >= 0.3 is 0 Å². The molecule has 1 unspecified atom stereocenters. The van der Waals surface area contributed by atoms with Gasteiger partial charge in [0.2, 0.25) is 5.91 Å². The number of nitro groups is 1. The molecule has 0 aliphatic heterocycles. The van der Waals surface area contributed by atoms with Gasteiger partial charge in [0.25, 0.3) is 15.7 Å². The lowest BCUT2D eigenvalue weighted by Gasteiger charge is -2.13. The number of amides is 1. The van der Waals surface area contributed by atoms with Crippen LogP contribution in [0.25, 0.3) is 0 Å². The normalized spacial score (nSPS) is 12.7. The van der Waals surface area contributed by atoms with E-state index in [9.17, 15) is 23.3 Å². The van der Waals surface area contributed by atoms with E-state index in [0.717, 1.165) is 18.6 Å². The van der Waals surface area contributed by atoms with Crippen LogP contribution in [0.3, 0.4) is 0 Å². The monoisotopic (exact) mass is 393 g/mol. The second-order valence-corrected chi connectivity index (χ2v) is 7.26. The molecule has 1 rings (SSSR count). The van der Waals surface area contributed by atoms with Crippen LogP contribution in [-0.2, 0) is 14.8 Å². The summed E-state index contributed by atoms with van der Waals surface area (Å²) >= 11 is 2.99. The van der Waals surface area contributed by atoms with Crippen molar-refractivity contribution in [1.82, 2.24) is 4.72 Å². The van der Waals surface area contributed by atoms with E-state index in [1.54, 1.807) is 6.92 Å². The predicted octanol–water partition coefficient (Wildman–Crippen LogP) is 2.18. The highest BCUT2D eigenvalue weighted by Gasteiger charge is 2.27. The Bertz CT molecular complexity index is 705. The van der Waals surface area contributed by atoms with Crippen LogP contribution in [0, 0.1) is 16.0 Å². The maximum absolute atomic E-state index is 12.2. The second-order valence-electron chi connectivity index (χ2n) is 4.76. The van der Waals surface area contributed by atoms with Gasteiger partial charge in [-0.25, -0.2) is 13.1 Å². The quantitative estimate of drug-likeness (QED) is 0.432. The third-order valence-corrected chi connectivity index (χ3v) is 5.28. The zero-order valence-corrected chi connectivity index (χ0v) is 14.4. The van der Waals surface area contributed by atoms with Crippen molar-refractivity contribution in [2.75, 3.05) is 5.73 Å². The molecule has 1 amide bonds. The van der Waals surface area contributed by atoms with Gasteiger partial charge in [-0.05, 0) is 28.4 Å². The summed E-state index contributed by atoms with van der Waals surface area (Å²) in [4.78, 5) is 21.5. The van der Waals surface area contributed by atoms with Crippen molar-refractivity contribution in [3.63, 3.8) is 0 Å². The number of nitrogen functional groups attached to an aromatic ring is 1. The fourth-order valence-corrected chi connectivity index (χ4v) is 3.93. The Balaban J connectivity index is 3.21. The molecule has 0 bridgehead atoms. The predicted molar refractivity (Wildman–Crippen MR) is 84.6 cm³/mol. The maximum Gasteiger partial charge on any atom is 0.293 e. The van der Waals surface area contributed by atoms with Crippen LogP contribution in [0.15, 0.2) is 21.5 Å². The van der Waals surface area contributed by atoms with Crippen LogP contribution in [0.2, 0.25) is 0 Å². The average molecular weight is 394 g/mol. The number of hydrogen-bond acceptors (Lipinski definition) is 6. The number of nitrogens with zero attached hydrogens (tertiary/aromatic N) is 1. The van der Waals surface area contributed by atoms with Crippen LogP contribution in [0.1, 0.15) is 26.7 Å². The topological polar surface area (TPSA) is 132 Å². The van der Waals surface area contributed by atoms with Gasteiger partial charge in [0.15, 0.2) is 0 Å². The van der Waals surface area contributed by atoms with Gasteiger partial charge in [-0.3, -0.25) is 14.9 Å². The van der Waals surface area contributed by atoms with E-state index in [0.29, 0.717) is 6.42 Å².